The minimum Gasteiger partial charge on any atom is -0.460 e. The second-order valence-corrected chi connectivity index (χ2v) is 5.41. The Labute approximate surface area is 116 Å². The van der Waals surface area contributed by atoms with Crippen LogP contribution in [-0.4, -0.2) is 21.4 Å². The average molecular weight is 275 g/mol. The van der Waals surface area contributed by atoms with Crippen molar-refractivity contribution in [1.82, 2.24) is 15.2 Å². The molecule has 0 spiro atoms. The normalized spacial score (nSPS) is 12.0. The molecule has 2 heterocycles. The van der Waals surface area contributed by atoms with Crippen molar-refractivity contribution in [3.8, 4) is 0 Å². The summed E-state index contributed by atoms with van der Waals surface area (Å²) in [5.74, 6) is 1.75. The van der Waals surface area contributed by atoms with Gasteiger partial charge in [0.2, 0.25) is 0 Å². The molecule has 0 radical (unpaired) electrons. The van der Waals surface area contributed by atoms with Crippen molar-refractivity contribution < 1.29 is 4.42 Å². The molecule has 0 aliphatic carbocycles. The molecule has 7 nitrogen and oxygen atoms in total. The average Bonchev–Trinajstić information content (AvgIpc) is 2.73. The van der Waals surface area contributed by atoms with Crippen molar-refractivity contribution in [2.24, 2.45) is 5.10 Å². The first kappa shape index (κ1) is 14.0. The van der Waals surface area contributed by atoms with E-state index in [9.17, 15) is 4.79 Å². The Morgan fingerprint density at radius 1 is 1.40 bits per heavy atom. The number of H-pyrrole nitrogens is 1. The first-order valence-electron chi connectivity index (χ1n) is 6.19. The molecule has 2 aromatic rings. The molecule has 0 aliphatic rings. The number of hydrazone groups is 1. The summed E-state index contributed by atoms with van der Waals surface area (Å²) in [4.78, 5) is 15.1. The van der Waals surface area contributed by atoms with E-state index in [4.69, 9.17) is 4.42 Å². The number of aromatic nitrogens is 3. The lowest BCUT2D eigenvalue weighted by Crippen LogP contribution is -2.24. The van der Waals surface area contributed by atoms with Crippen LogP contribution in [0.1, 0.15) is 38.0 Å². The van der Waals surface area contributed by atoms with Crippen LogP contribution in [0.2, 0.25) is 0 Å². The largest absolute Gasteiger partial charge is 0.460 e. The van der Waals surface area contributed by atoms with E-state index in [0.717, 1.165) is 5.76 Å². The summed E-state index contributed by atoms with van der Waals surface area (Å²) in [7, 11) is 0. The Morgan fingerprint density at radius 3 is 2.75 bits per heavy atom. The van der Waals surface area contributed by atoms with E-state index < -0.39 is 5.69 Å². The van der Waals surface area contributed by atoms with Crippen LogP contribution in [0.4, 0.5) is 5.82 Å². The lowest BCUT2D eigenvalue weighted by atomic mass is 9.92. The molecular formula is C13H17N5O2. The molecule has 20 heavy (non-hydrogen) atoms. The van der Waals surface area contributed by atoms with E-state index in [1.165, 1.54) is 6.21 Å². The van der Waals surface area contributed by atoms with Crippen LogP contribution in [0.25, 0.3) is 0 Å². The van der Waals surface area contributed by atoms with Gasteiger partial charge in [0.05, 0.1) is 6.21 Å². The summed E-state index contributed by atoms with van der Waals surface area (Å²) in [6, 6.07) is 3.64. The Morgan fingerprint density at radius 2 is 2.15 bits per heavy atom. The molecule has 0 atom stereocenters. The van der Waals surface area contributed by atoms with Gasteiger partial charge in [-0.1, -0.05) is 20.8 Å². The maximum Gasteiger partial charge on any atom is 0.363 e. The fourth-order valence-corrected chi connectivity index (χ4v) is 1.62. The first-order valence-corrected chi connectivity index (χ1v) is 6.19. The zero-order valence-electron chi connectivity index (χ0n) is 11.9. The van der Waals surface area contributed by atoms with E-state index >= 15 is 0 Å². The van der Waals surface area contributed by atoms with Crippen LogP contribution in [0, 0.1) is 6.92 Å². The van der Waals surface area contributed by atoms with Gasteiger partial charge in [-0.3, -0.25) is 5.43 Å². The summed E-state index contributed by atoms with van der Waals surface area (Å²) in [6.07, 6.45) is 1.52. The predicted octanol–water partition coefficient (Wildman–Crippen LogP) is 1.81. The van der Waals surface area contributed by atoms with Gasteiger partial charge in [-0.05, 0) is 19.1 Å². The Hall–Kier alpha value is -2.44. The van der Waals surface area contributed by atoms with Crippen molar-refractivity contribution in [3.63, 3.8) is 0 Å². The summed E-state index contributed by atoms with van der Waals surface area (Å²) in [5, 5.41) is 10.4. The zero-order valence-corrected chi connectivity index (χ0v) is 11.9. The molecule has 0 aromatic carbocycles. The van der Waals surface area contributed by atoms with Crippen LogP contribution in [0.3, 0.4) is 0 Å². The highest BCUT2D eigenvalue weighted by Gasteiger charge is 2.21. The molecule has 0 amide bonds. The van der Waals surface area contributed by atoms with Crippen LogP contribution in [-0.2, 0) is 5.41 Å². The fraction of sp³-hybridized carbons (Fsp3) is 0.385. The van der Waals surface area contributed by atoms with Gasteiger partial charge in [-0.15, -0.1) is 0 Å². The number of furan rings is 1. The highest BCUT2D eigenvalue weighted by Crippen LogP contribution is 2.24. The summed E-state index contributed by atoms with van der Waals surface area (Å²) in [6.45, 7) is 7.77. The highest BCUT2D eigenvalue weighted by molar-refractivity contribution is 5.76. The second-order valence-electron chi connectivity index (χ2n) is 5.41. The number of anilines is 1. The van der Waals surface area contributed by atoms with Crippen LogP contribution in [0.5, 0.6) is 0 Å². The van der Waals surface area contributed by atoms with Crippen molar-refractivity contribution in [1.29, 1.82) is 0 Å². The Bertz CT molecular complexity index is 679. The SMILES string of the molecule is Cc1ccc(/C=N/Nc2nc(=O)[nH]nc2C(C)(C)C)o1. The molecule has 2 rings (SSSR count). The number of hydrogen-bond acceptors (Lipinski definition) is 6. The topological polar surface area (TPSA) is 96.2 Å². The van der Waals surface area contributed by atoms with Crippen molar-refractivity contribution in [3.05, 3.63) is 39.8 Å². The monoisotopic (exact) mass is 275 g/mol. The second kappa shape index (κ2) is 5.28. The molecule has 0 unspecified atom stereocenters. The number of aromatic amines is 1. The number of nitrogens with one attached hydrogen (secondary N) is 2. The minimum atomic E-state index is -0.524. The smallest absolute Gasteiger partial charge is 0.363 e. The predicted molar refractivity (Wildman–Crippen MR) is 76.0 cm³/mol. The molecule has 7 heteroatoms. The highest BCUT2D eigenvalue weighted by atomic mass is 16.3. The third kappa shape index (κ3) is 3.31. The van der Waals surface area contributed by atoms with Crippen LogP contribution in [0.15, 0.2) is 26.4 Å². The molecule has 2 N–H and O–H groups in total. The lowest BCUT2D eigenvalue weighted by molar-refractivity contribution is 0.528. The third-order valence-corrected chi connectivity index (χ3v) is 2.53. The van der Waals surface area contributed by atoms with E-state index in [2.05, 4.69) is 25.7 Å². The van der Waals surface area contributed by atoms with E-state index in [0.29, 0.717) is 17.3 Å². The summed E-state index contributed by atoms with van der Waals surface area (Å²) >= 11 is 0. The third-order valence-electron chi connectivity index (χ3n) is 2.53. The molecule has 0 fully saturated rings. The Balaban J connectivity index is 2.22. The van der Waals surface area contributed by atoms with Crippen molar-refractivity contribution >= 4 is 12.0 Å². The van der Waals surface area contributed by atoms with E-state index in [1.807, 2.05) is 33.8 Å². The summed E-state index contributed by atoms with van der Waals surface area (Å²) in [5.41, 5.74) is 2.57. The van der Waals surface area contributed by atoms with Crippen LogP contribution < -0.4 is 11.1 Å². The number of nitrogens with zero attached hydrogens (tertiary/aromatic N) is 3. The molecule has 0 saturated carbocycles. The van der Waals surface area contributed by atoms with Gasteiger partial charge in [0.15, 0.2) is 5.82 Å². The number of aryl methyl sites for hydroxylation is 1. The molecular weight excluding hydrogens is 258 g/mol. The number of rotatable bonds is 3. The van der Waals surface area contributed by atoms with Crippen molar-refractivity contribution in [2.75, 3.05) is 5.43 Å². The van der Waals surface area contributed by atoms with Gasteiger partial charge in [0.25, 0.3) is 0 Å². The lowest BCUT2D eigenvalue weighted by Gasteiger charge is -2.18. The minimum absolute atomic E-state index is 0.268. The van der Waals surface area contributed by atoms with Gasteiger partial charge >= 0.3 is 5.69 Å². The van der Waals surface area contributed by atoms with Gasteiger partial charge in [-0.25, -0.2) is 9.89 Å². The van der Waals surface area contributed by atoms with Gasteiger partial charge < -0.3 is 4.42 Å². The fourth-order valence-electron chi connectivity index (χ4n) is 1.62. The van der Waals surface area contributed by atoms with E-state index in [-0.39, 0.29) is 5.41 Å². The molecule has 0 saturated heterocycles. The maximum atomic E-state index is 11.3. The summed E-state index contributed by atoms with van der Waals surface area (Å²) < 4.78 is 5.35. The Kier molecular flexibility index (Phi) is 3.69. The van der Waals surface area contributed by atoms with Crippen molar-refractivity contribution in [2.45, 2.75) is 33.1 Å². The standard InChI is InChI=1S/C13H17N5O2/c1-8-5-6-9(20-8)7-14-17-11-10(13(2,3)4)16-18-12(19)15-11/h5-7H,1-4H3,(H2,15,17,18,19)/b14-7+. The molecule has 0 bridgehead atoms. The molecule has 0 aliphatic heterocycles. The van der Waals surface area contributed by atoms with Gasteiger partial charge in [0.1, 0.15) is 17.2 Å². The van der Waals surface area contributed by atoms with Gasteiger partial charge in [0, 0.05) is 5.41 Å². The van der Waals surface area contributed by atoms with Crippen LogP contribution >= 0.6 is 0 Å². The molecule has 2 aromatic heterocycles. The van der Waals surface area contributed by atoms with Gasteiger partial charge in [-0.2, -0.15) is 15.2 Å². The quantitative estimate of drug-likeness (QED) is 0.657. The first-order chi connectivity index (χ1) is 9.36. The maximum absolute atomic E-state index is 11.3. The zero-order chi connectivity index (χ0) is 14.8. The number of hydrogen-bond donors (Lipinski definition) is 2. The van der Waals surface area contributed by atoms with E-state index in [1.54, 1.807) is 6.07 Å². The molecule has 106 valence electrons.